The topological polar surface area (TPSA) is 77.8 Å². The van der Waals surface area contributed by atoms with Gasteiger partial charge in [-0.1, -0.05) is 12.1 Å². The number of carboxylic acids is 1. The van der Waals surface area contributed by atoms with Crippen molar-refractivity contribution < 1.29 is 20.1 Å². The molecule has 1 aromatic carbocycles. The summed E-state index contributed by atoms with van der Waals surface area (Å²) in [5, 5.41) is 26.2. The first kappa shape index (κ1) is 12.7. The van der Waals surface area contributed by atoms with Gasteiger partial charge in [-0.2, -0.15) is 0 Å². The smallest absolute Gasteiger partial charge is 0.337 e. The number of phenolic OH excluding ortho intramolecular Hbond substituents is 1. The molecule has 0 amide bonds. The summed E-state index contributed by atoms with van der Waals surface area (Å²) in [4.78, 5) is 10.3. The van der Waals surface area contributed by atoms with Crippen LogP contribution in [0.1, 0.15) is 11.7 Å². The number of hydrogen-bond acceptors (Lipinski definition) is 3. The molecule has 66 valence electrons. The van der Waals surface area contributed by atoms with E-state index in [2.05, 4.69) is 0 Å². The molecule has 1 rings (SSSR count). The van der Waals surface area contributed by atoms with Gasteiger partial charge in [0.15, 0.2) is 6.10 Å². The molecule has 2 radical (unpaired) electrons. The third-order valence-corrected chi connectivity index (χ3v) is 1.44. The van der Waals surface area contributed by atoms with E-state index < -0.39 is 12.1 Å². The van der Waals surface area contributed by atoms with Crippen LogP contribution in [0.2, 0.25) is 0 Å². The standard InChI is InChI=1S/C8H8O4.Ca/c9-6-3-1-5(2-4-6)7(10)8(11)12;/h1-4,7,9-10H,(H,11,12);. The first-order chi connectivity index (χ1) is 5.61. The quantitative estimate of drug-likeness (QED) is 0.604. The summed E-state index contributed by atoms with van der Waals surface area (Å²) in [6, 6.07) is 5.35. The molecule has 0 saturated heterocycles. The summed E-state index contributed by atoms with van der Waals surface area (Å²) >= 11 is 0. The van der Waals surface area contributed by atoms with Crippen LogP contribution >= 0.6 is 0 Å². The Hall–Kier alpha value is -0.290. The number of phenols is 1. The molecule has 0 spiro atoms. The zero-order valence-corrected chi connectivity index (χ0v) is 9.05. The van der Waals surface area contributed by atoms with Gasteiger partial charge in [0.1, 0.15) is 5.75 Å². The van der Waals surface area contributed by atoms with Crippen molar-refractivity contribution in [2.75, 3.05) is 0 Å². The fourth-order valence-corrected chi connectivity index (χ4v) is 0.799. The van der Waals surface area contributed by atoms with Crippen molar-refractivity contribution in [1.82, 2.24) is 0 Å². The van der Waals surface area contributed by atoms with E-state index in [-0.39, 0.29) is 49.1 Å². The molecule has 1 unspecified atom stereocenters. The van der Waals surface area contributed by atoms with Crippen molar-refractivity contribution in [3.8, 4) is 5.75 Å². The number of rotatable bonds is 2. The van der Waals surface area contributed by atoms with Crippen molar-refractivity contribution in [2.24, 2.45) is 0 Å². The number of aliphatic hydroxyl groups excluding tert-OH is 1. The Morgan fingerprint density at radius 3 is 2.08 bits per heavy atom. The molecule has 1 aromatic rings. The minimum atomic E-state index is -1.52. The monoisotopic (exact) mass is 208 g/mol. The second-order valence-corrected chi connectivity index (χ2v) is 2.33. The van der Waals surface area contributed by atoms with Crippen LogP contribution in [-0.4, -0.2) is 59.0 Å². The van der Waals surface area contributed by atoms with Gasteiger partial charge in [0.25, 0.3) is 0 Å². The molecule has 0 heterocycles. The van der Waals surface area contributed by atoms with Gasteiger partial charge >= 0.3 is 5.97 Å². The van der Waals surface area contributed by atoms with E-state index in [1.807, 2.05) is 0 Å². The molecule has 0 aliphatic rings. The first-order valence-corrected chi connectivity index (χ1v) is 3.31. The molecular formula is C8H8CaO4. The summed E-state index contributed by atoms with van der Waals surface area (Å²) < 4.78 is 0. The van der Waals surface area contributed by atoms with E-state index in [4.69, 9.17) is 15.3 Å². The zero-order chi connectivity index (χ0) is 9.14. The molecule has 0 bridgehead atoms. The summed E-state index contributed by atoms with van der Waals surface area (Å²) in [6.45, 7) is 0. The van der Waals surface area contributed by atoms with Gasteiger partial charge in [-0.25, -0.2) is 4.79 Å². The fraction of sp³-hybridized carbons (Fsp3) is 0.125. The van der Waals surface area contributed by atoms with Crippen molar-refractivity contribution in [1.29, 1.82) is 0 Å². The maximum atomic E-state index is 10.3. The number of aromatic hydroxyl groups is 1. The maximum absolute atomic E-state index is 10.3. The van der Waals surface area contributed by atoms with E-state index in [0.717, 1.165) is 0 Å². The van der Waals surface area contributed by atoms with Crippen LogP contribution in [0.3, 0.4) is 0 Å². The number of benzene rings is 1. The van der Waals surface area contributed by atoms with Gasteiger partial charge in [-0.05, 0) is 17.7 Å². The number of carbonyl (C=O) groups is 1. The van der Waals surface area contributed by atoms with Crippen molar-refractivity contribution in [2.45, 2.75) is 6.10 Å². The van der Waals surface area contributed by atoms with Gasteiger partial charge in [0.2, 0.25) is 0 Å². The second-order valence-electron chi connectivity index (χ2n) is 2.33. The van der Waals surface area contributed by atoms with Crippen LogP contribution in [-0.2, 0) is 4.79 Å². The Morgan fingerprint density at radius 1 is 1.23 bits per heavy atom. The van der Waals surface area contributed by atoms with Crippen molar-refractivity contribution >= 4 is 43.7 Å². The van der Waals surface area contributed by atoms with E-state index in [0.29, 0.717) is 0 Å². The minimum absolute atomic E-state index is 0. The van der Waals surface area contributed by atoms with Crippen LogP contribution in [0.15, 0.2) is 24.3 Å². The Bertz CT molecular complexity index is 283. The summed E-state index contributed by atoms with van der Waals surface area (Å²) in [5.41, 5.74) is 0.250. The molecule has 0 fully saturated rings. The van der Waals surface area contributed by atoms with Gasteiger partial charge in [-0.3, -0.25) is 0 Å². The molecule has 0 saturated carbocycles. The molecule has 13 heavy (non-hydrogen) atoms. The van der Waals surface area contributed by atoms with E-state index >= 15 is 0 Å². The van der Waals surface area contributed by atoms with Crippen molar-refractivity contribution in [3.63, 3.8) is 0 Å². The van der Waals surface area contributed by atoms with Crippen LogP contribution in [0.25, 0.3) is 0 Å². The summed E-state index contributed by atoms with van der Waals surface area (Å²) in [5.74, 6) is -1.27. The largest absolute Gasteiger partial charge is 0.508 e. The average Bonchev–Trinajstić information content (AvgIpc) is 2.04. The predicted octanol–water partition coefficient (Wildman–Crippen LogP) is 0.129. The number of carboxylic acid groups (broad SMARTS) is 1. The van der Waals surface area contributed by atoms with E-state index in [1.165, 1.54) is 24.3 Å². The Morgan fingerprint density at radius 2 is 1.69 bits per heavy atom. The maximum Gasteiger partial charge on any atom is 0.337 e. The van der Waals surface area contributed by atoms with Gasteiger partial charge < -0.3 is 15.3 Å². The fourth-order valence-electron chi connectivity index (χ4n) is 0.799. The summed E-state index contributed by atoms with van der Waals surface area (Å²) in [7, 11) is 0. The number of aliphatic hydroxyl groups is 1. The molecule has 0 aliphatic heterocycles. The summed E-state index contributed by atoms with van der Waals surface area (Å²) in [6.07, 6.45) is -1.52. The SMILES string of the molecule is O=C(O)C(O)c1ccc(O)cc1.[Ca]. The Balaban J connectivity index is 0.00000144. The molecular weight excluding hydrogens is 200 g/mol. The third kappa shape index (κ3) is 3.52. The predicted molar refractivity (Wildman–Crippen MR) is 46.5 cm³/mol. The van der Waals surface area contributed by atoms with Crippen LogP contribution in [0.5, 0.6) is 5.75 Å². The molecule has 0 aromatic heterocycles. The van der Waals surface area contributed by atoms with Crippen molar-refractivity contribution in [3.05, 3.63) is 29.8 Å². The van der Waals surface area contributed by atoms with E-state index in [9.17, 15) is 4.79 Å². The average molecular weight is 208 g/mol. The minimum Gasteiger partial charge on any atom is -0.508 e. The molecule has 0 aliphatic carbocycles. The van der Waals surface area contributed by atoms with Gasteiger partial charge in [-0.15, -0.1) is 0 Å². The molecule has 1 atom stereocenters. The third-order valence-electron chi connectivity index (χ3n) is 1.44. The molecule has 5 heteroatoms. The molecule has 3 N–H and O–H groups in total. The van der Waals surface area contributed by atoms with Crippen LogP contribution in [0, 0.1) is 0 Å². The van der Waals surface area contributed by atoms with Gasteiger partial charge in [0.05, 0.1) is 0 Å². The zero-order valence-electron chi connectivity index (χ0n) is 6.84. The first-order valence-electron chi connectivity index (χ1n) is 3.31. The number of aliphatic carboxylic acids is 1. The van der Waals surface area contributed by atoms with E-state index in [1.54, 1.807) is 0 Å². The Kier molecular flexibility index (Phi) is 5.32. The van der Waals surface area contributed by atoms with Gasteiger partial charge in [0, 0.05) is 37.7 Å². The molecule has 4 nitrogen and oxygen atoms in total. The second kappa shape index (κ2) is 5.44. The van der Waals surface area contributed by atoms with Crippen LogP contribution in [0.4, 0.5) is 0 Å². The Labute approximate surface area is 105 Å². The number of hydrogen-bond donors (Lipinski definition) is 3. The van der Waals surface area contributed by atoms with Crippen LogP contribution < -0.4 is 0 Å². The normalized spacial score (nSPS) is 11.5.